The lowest BCUT2D eigenvalue weighted by molar-refractivity contribution is -0.144. The van der Waals surface area contributed by atoms with E-state index < -0.39 is 0 Å². The van der Waals surface area contributed by atoms with Crippen LogP contribution in [0, 0.1) is 5.92 Å². The molecule has 0 radical (unpaired) electrons. The first-order chi connectivity index (χ1) is 12.0. The minimum absolute atomic E-state index is 0.0124. The molecule has 0 aliphatic carbocycles. The van der Waals surface area contributed by atoms with Crippen LogP contribution in [0.3, 0.4) is 0 Å². The van der Waals surface area contributed by atoms with E-state index in [9.17, 15) is 14.4 Å². The number of esters is 1. The van der Waals surface area contributed by atoms with Crippen molar-refractivity contribution in [1.29, 1.82) is 0 Å². The lowest BCUT2D eigenvalue weighted by atomic mass is 10.1. The third-order valence-electron chi connectivity index (χ3n) is 3.83. The predicted octanol–water partition coefficient (Wildman–Crippen LogP) is 4.31. The molecule has 1 aliphatic rings. The van der Waals surface area contributed by atoms with E-state index in [0.29, 0.717) is 18.9 Å². The Morgan fingerprint density at radius 1 is 0.960 bits per heavy atom. The predicted molar refractivity (Wildman–Crippen MR) is 99.9 cm³/mol. The van der Waals surface area contributed by atoms with Crippen molar-refractivity contribution in [2.75, 3.05) is 6.61 Å². The summed E-state index contributed by atoms with van der Waals surface area (Å²) in [5.74, 6) is -0.0578. The Hall–Kier alpha value is -1.65. The summed E-state index contributed by atoms with van der Waals surface area (Å²) in [6.07, 6.45) is 14.1. The number of amides is 2. The van der Waals surface area contributed by atoms with Crippen LogP contribution in [0.1, 0.15) is 85.0 Å². The van der Waals surface area contributed by atoms with Crippen molar-refractivity contribution in [3.63, 3.8) is 0 Å². The van der Waals surface area contributed by atoms with Crippen molar-refractivity contribution < 1.29 is 19.1 Å². The summed E-state index contributed by atoms with van der Waals surface area (Å²) in [4.78, 5) is 31.4. The molecule has 1 aliphatic heterocycles. The van der Waals surface area contributed by atoms with E-state index in [1.54, 1.807) is 0 Å². The molecule has 0 aromatic carbocycles. The fourth-order valence-electron chi connectivity index (χ4n) is 2.24. The van der Waals surface area contributed by atoms with E-state index >= 15 is 0 Å². The highest BCUT2D eigenvalue weighted by Crippen LogP contribution is 2.10. The highest BCUT2D eigenvalue weighted by Gasteiger charge is 2.07. The Morgan fingerprint density at radius 2 is 1.48 bits per heavy atom. The average molecular weight is 354 g/mol. The maximum absolute atomic E-state index is 11.4. The molecule has 1 rings (SSSR count). The second kappa shape index (κ2) is 15.9. The molecule has 0 fully saturated rings. The molecule has 1 heterocycles. The van der Waals surface area contributed by atoms with Crippen LogP contribution in [0.15, 0.2) is 12.2 Å². The van der Waals surface area contributed by atoms with Gasteiger partial charge in [-0.2, -0.15) is 0 Å². The first-order valence-electron chi connectivity index (χ1n) is 9.64. The third-order valence-corrected chi connectivity index (χ3v) is 3.83. The van der Waals surface area contributed by atoms with Crippen molar-refractivity contribution in [1.82, 2.24) is 5.32 Å². The number of nitrogens with one attached hydrogen (secondary N) is 1. The summed E-state index contributed by atoms with van der Waals surface area (Å²) in [6, 6.07) is 0. The standard InChI is InChI=1S/C16H32O2.C4H3NO2/c1-4-5-6-7-8-9-10-11-12-16(17)18-14-13-15(2)3;6-3-1-2-4(7)5-3/h15H,4-14H2,1-3H3;1-2H,(H,5,6,7). The van der Waals surface area contributed by atoms with Gasteiger partial charge < -0.3 is 4.74 Å². The topological polar surface area (TPSA) is 72.5 Å². The molecular formula is C20H35NO4. The molecule has 0 unspecified atom stereocenters. The van der Waals surface area contributed by atoms with Gasteiger partial charge in [-0.1, -0.05) is 65.7 Å². The van der Waals surface area contributed by atoms with E-state index in [-0.39, 0.29) is 17.8 Å². The van der Waals surface area contributed by atoms with Crippen molar-refractivity contribution in [3.05, 3.63) is 12.2 Å². The molecular weight excluding hydrogens is 318 g/mol. The Labute approximate surface area is 152 Å². The third kappa shape index (κ3) is 17.0. The fourth-order valence-corrected chi connectivity index (χ4v) is 2.24. The van der Waals surface area contributed by atoms with Crippen molar-refractivity contribution >= 4 is 17.8 Å². The van der Waals surface area contributed by atoms with Crippen LogP contribution in [0.4, 0.5) is 0 Å². The second-order valence-electron chi connectivity index (χ2n) is 6.81. The van der Waals surface area contributed by atoms with Crippen LogP contribution >= 0.6 is 0 Å². The van der Waals surface area contributed by atoms with Crippen LogP contribution in [0.25, 0.3) is 0 Å². The van der Waals surface area contributed by atoms with Gasteiger partial charge in [0.25, 0.3) is 11.8 Å². The van der Waals surface area contributed by atoms with E-state index in [2.05, 4.69) is 20.8 Å². The highest BCUT2D eigenvalue weighted by atomic mass is 16.5. The Kier molecular flexibility index (Phi) is 14.8. The van der Waals surface area contributed by atoms with Gasteiger partial charge in [0.2, 0.25) is 0 Å². The Balaban J connectivity index is 0.000000676. The van der Waals surface area contributed by atoms with E-state index in [4.69, 9.17) is 4.74 Å². The zero-order valence-electron chi connectivity index (χ0n) is 16.1. The van der Waals surface area contributed by atoms with Gasteiger partial charge in [-0.3, -0.25) is 19.7 Å². The maximum atomic E-state index is 11.4. The lowest BCUT2D eigenvalue weighted by Crippen LogP contribution is -2.19. The summed E-state index contributed by atoms with van der Waals surface area (Å²) >= 11 is 0. The number of carbonyl (C=O) groups is 3. The first-order valence-corrected chi connectivity index (χ1v) is 9.64. The molecule has 1 N–H and O–H groups in total. The quantitative estimate of drug-likeness (QED) is 0.322. The molecule has 0 saturated heterocycles. The highest BCUT2D eigenvalue weighted by molar-refractivity contribution is 6.12. The molecule has 144 valence electrons. The van der Waals surface area contributed by atoms with Gasteiger partial charge in [0, 0.05) is 18.6 Å². The Bertz CT molecular complexity index is 400. The molecule has 0 saturated carbocycles. The van der Waals surface area contributed by atoms with Crippen LogP contribution in [0.2, 0.25) is 0 Å². The summed E-state index contributed by atoms with van der Waals surface area (Å²) < 4.78 is 5.17. The number of rotatable bonds is 12. The van der Waals surface area contributed by atoms with E-state index in [0.717, 1.165) is 12.8 Å². The largest absolute Gasteiger partial charge is 0.466 e. The molecule has 0 spiro atoms. The van der Waals surface area contributed by atoms with Gasteiger partial charge in [-0.15, -0.1) is 0 Å². The van der Waals surface area contributed by atoms with Gasteiger partial charge in [-0.25, -0.2) is 0 Å². The number of hydrogen-bond donors (Lipinski definition) is 1. The monoisotopic (exact) mass is 353 g/mol. The molecule has 25 heavy (non-hydrogen) atoms. The minimum Gasteiger partial charge on any atom is -0.466 e. The second-order valence-corrected chi connectivity index (χ2v) is 6.81. The summed E-state index contributed by atoms with van der Waals surface area (Å²) in [7, 11) is 0. The van der Waals surface area contributed by atoms with Gasteiger partial charge in [0.1, 0.15) is 0 Å². The molecule has 0 bridgehead atoms. The van der Waals surface area contributed by atoms with Crippen molar-refractivity contribution in [2.45, 2.75) is 85.0 Å². The molecule has 2 amide bonds. The Morgan fingerprint density at radius 3 is 1.92 bits per heavy atom. The normalized spacial score (nSPS) is 12.8. The summed E-state index contributed by atoms with van der Waals surface area (Å²) in [5, 5.41) is 2.03. The zero-order valence-corrected chi connectivity index (χ0v) is 16.1. The zero-order chi connectivity index (χ0) is 18.9. The fraction of sp³-hybridized carbons (Fsp3) is 0.750. The van der Waals surface area contributed by atoms with Crippen LogP contribution in [0.5, 0.6) is 0 Å². The first kappa shape index (κ1) is 23.4. The lowest BCUT2D eigenvalue weighted by Gasteiger charge is -2.06. The van der Waals surface area contributed by atoms with Crippen molar-refractivity contribution in [2.24, 2.45) is 5.92 Å². The van der Waals surface area contributed by atoms with Gasteiger partial charge in [-0.05, 0) is 18.8 Å². The van der Waals surface area contributed by atoms with Gasteiger partial charge in [0.15, 0.2) is 0 Å². The average Bonchev–Trinajstić information content (AvgIpc) is 2.93. The molecule has 5 nitrogen and oxygen atoms in total. The molecule has 5 heteroatoms. The molecule has 0 aromatic rings. The van der Waals surface area contributed by atoms with Gasteiger partial charge >= 0.3 is 5.97 Å². The van der Waals surface area contributed by atoms with E-state index in [1.165, 1.54) is 57.1 Å². The number of imide groups is 1. The number of carbonyl (C=O) groups excluding carboxylic acids is 3. The van der Waals surface area contributed by atoms with Crippen LogP contribution < -0.4 is 5.32 Å². The number of ether oxygens (including phenoxy) is 1. The molecule has 0 atom stereocenters. The maximum Gasteiger partial charge on any atom is 0.305 e. The minimum atomic E-state index is -0.329. The van der Waals surface area contributed by atoms with Crippen LogP contribution in [-0.2, 0) is 19.1 Å². The van der Waals surface area contributed by atoms with E-state index in [1.807, 2.05) is 5.32 Å². The van der Waals surface area contributed by atoms with Crippen LogP contribution in [-0.4, -0.2) is 24.4 Å². The molecule has 0 aromatic heterocycles. The SMILES string of the molecule is CCCCCCCCCCC(=O)OCCC(C)C.O=C1C=CC(=O)N1. The van der Waals surface area contributed by atoms with Crippen molar-refractivity contribution in [3.8, 4) is 0 Å². The smallest absolute Gasteiger partial charge is 0.305 e. The number of hydrogen-bond acceptors (Lipinski definition) is 4. The number of unbranched alkanes of at least 4 members (excludes halogenated alkanes) is 7. The summed E-state index contributed by atoms with van der Waals surface area (Å²) in [5.41, 5.74) is 0. The van der Waals surface area contributed by atoms with Gasteiger partial charge in [0.05, 0.1) is 6.61 Å². The summed E-state index contributed by atoms with van der Waals surface area (Å²) in [6.45, 7) is 7.12.